The van der Waals surface area contributed by atoms with Gasteiger partial charge in [-0.3, -0.25) is 4.79 Å². The lowest BCUT2D eigenvalue weighted by Crippen LogP contribution is -2.33. The zero-order valence-electron chi connectivity index (χ0n) is 13.2. The summed E-state index contributed by atoms with van der Waals surface area (Å²) in [5.41, 5.74) is 2.23. The summed E-state index contributed by atoms with van der Waals surface area (Å²) in [4.78, 5) is 12.0. The Bertz CT molecular complexity index is 619. The maximum Gasteiger partial charge on any atom is 0.273 e. The van der Waals surface area contributed by atoms with Crippen LogP contribution in [0.1, 0.15) is 36.3 Å². The standard InChI is InChI=1S/C16H22N4O2/c1-11(2)8-14(21)9-17-16(22)15-10-20(19-18-15)13-6-4-12(3)5-7-13/h4-7,10-11,14,21H,8-9H2,1-3H3,(H,17,22). The SMILES string of the molecule is Cc1ccc(-n2cc(C(=O)NCC(O)CC(C)C)nn2)cc1. The van der Waals surface area contributed by atoms with Crippen LogP contribution in [0.4, 0.5) is 0 Å². The van der Waals surface area contributed by atoms with Gasteiger partial charge >= 0.3 is 0 Å². The minimum atomic E-state index is -0.545. The number of hydrogen-bond donors (Lipinski definition) is 2. The summed E-state index contributed by atoms with van der Waals surface area (Å²) in [5.74, 6) is 0.0514. The van der Waals surface area contributed by atoms with Gasteiger partial charge in [-0.15, -0.1) is 5.10 Å². The number of nitrogens with one attached hydrogen (secondary N) is 1. The molecule has 0 saturated heterocycles. The highest BCUT2D eigenvalue weighted by Crippen LogP contribution is 2.08. The molecule has 0 aliphatic rings. The van der Waals surface area contributed by atoms with Crippen molar-refractivity contribution in [2.45, 2.75) is 33.3 Å². The predicted molar refractivity (Wildman–Crippen MR) is 83.9 cm³/mol. The molecule has 6 heteroatoms. The maximum atomic E-state index is 12.0. The number of carbonyl (C=O) groups excluding carboxylic acids is 1. The molecule has 1 amide bonds. The second kappa shape index (κ2) is 7.17. The van der Waals surface area contributed by atoms with E-state index in [1.807, 2.05) is 45.0 Å². The number of amides is 1. The Morgan fingerprint density at radius 1 is 1.32 bits per heavy atom. The van der Waals surface area contributed by atoms with Crippen LogP contribution in [0.3, 0.4) is 0 Å². The molecular formula is C16H22N4O2. The first kappa shape index (κ1) is 16.2. The lowest BCUT2D eigenvalue weighted by Gasteiger charge is -2.12. The maximum absolute atomic E-state index is 12.0. The van der Waals surface area contributed by atoms with Crippen molar-refractivity contribution >= 4 is 5.91 Å². The Labute approximate surface area is 130 Å². The number of carbonyl (C=O) groups is 1. The van der Waals surface area contributed by atoms with Crippen molar-refractivity contribution in [2.75, 3.05) is 6.54 Å². The van der Waals surface area contributed by atoms with Gasteiger partial charge in [0.15, 0.2) is 5.69 Å². The highest BCUT2D eigenvalue weighted by atomic mass is 16.3. The van der Waals surface area contributed by atoms with Crippen LogP contribution in [0.2, 0.25) is 0 Å². The Morgan fingerprint density at radius 2 is 2.00 bits per heavy atom. The number of aryl methyl sites for hydroxylation is 1. The monoisotopic (exact) mass is 302 g/mol. The van der Waals surface area contributed by atoms with Crippen LogP contribution in [-0.2, 0) is 0 Å². The van der Waals surface area contributed by atoms with E-state index in [-0.39, 0.29) is 18.1 Å². The molecule has 0 fully saturated rings. The van der Waals surface area contributed by atoms with Crippen molar-refractivity contribution in [2.24, 2.45) is 5.92 Å². The summed E-state index contributed by atoms with van der Waals surface area (Å²) in [6.45, 7) is 6.28. The third-order valence-electron chi connectivity index (χ3n) is 3.27. The molecule has 0 radical (unpaired) electrons. The molecule has 118 valence electrons. The van der Waals surface area contributed by atoms with Crippen LogP contribution < -0.4 is 5.32 Å². The van der Waals surface area contributed by atoms with Crippen molar-refractivity contribution in [3.63, 3.8) is 0 Å². The molecule has 0 bridgehead atoms. The third-order valence-corrected chi connectivity index (χ3v) is 3.27. The number of nitrogens with zero attached hydrogens (tertiary/aromatic N) is 3. The van der Waals surface area contributed by atoms with Crippen LogP contribution in [0.15, 0.2) is 30.5 Å². The van der Waals surface area contributed by atoms with E-state index in [4.69, 9.17) is 0 Å². The number of rotatable bonds is 6. The van der Waals surface area contributed by atoms with E-state index >= 15 is 0 Å². The highest BCUT2D eigenvalue weighted by molar-refractivity contribution is 5.91. The molecule has 1 aromatic carbocycles. The molecule has 1 atom stereocenters. The summed E-state index contributed by atoms with van der Waals surface area (Å²) in [5, 5.41) is 20.3. The van der Waals surface area contributed by atoms with E-state index in [1.54, 1.807) is 10.9 Å². The van der Waals surface area contributed by atoms with E-state index in [0.717, 1.165) is 11.3 Å². The lowest BCUT2D eigenvalue weighted by atomic mass is 10.1. The molecule has 1 heterocycles. The first-order valence-electron chi connectivity index (χ1n) is 7.41. The molecule has 1 unspecified atom stereocenters. The number of aromatic nitrogens is 3. The van der Waals surface area contributed by atoms with Crippen molar-refractivity contribution in [1.82, 2.24) is 20.3 Å². The van der Waals surface area contributed by atoms with E-state index in [9.17, 15) is 9.90 Å². The van der Waals surface area contributed by atoms with E-state index in [2.05, 4.69) is 15.6 Å². The van der Waals surface area contributed by atoms with Gasteiger partial charge in [-0.1, -0.05) is 36.8 Å². The van der Waals surface area contributed by atoms with Gasteiger partial charge in [0.05, 0.1) is 18.0 Å². The fourth-order valence-corrected chi connectivity index (χ4v) is 2.12. The number of aliphatic hydroxyl groups excluding tert-OH is 1. The summed E-state index contributed by atoms with van der Waals surface area (Å²) in [6, 6.07) is 7.77. The van der Waals surface area contributed by atoms with Crippen molar-refractivity contribution in [3.8, 4) is 5.69 Å². The summed E-state index contributed by atoms with van der Waals surface area (Å²) >= 11 is 0. The first-order chi connectivity index (χ1) is 10.5. The van der Waals surface area contributed by atoms with Crippen molar-refractivity contribution in [3.05, 3.63) is 41.7 Å². The van der Waals surface area contributed by atoms with Gasteiger partial charge in [0.1, 0.15) is 0 Å². The van der Waals surface area contributed by atoms with Gasteiger partial charge in [0.2, 0.25) is 0 Å². The molecule has 2 N–H and O–H groups in total. The molecule has 22 heavy (non-hydrogen) atoms. The van der Waals surface area contributed by atoms with E-state index in [0.29, 0.717) is 12.3 Å². The highest BCUT2D eigenvalue weighted by Gasteiger charge is 2.14. The van der Waals surface area contributed by atoms with Gasteiger partial charge in [-0.25, -0.2) is 4.68 Å². The van der Waals surface area contributed by atoms with Gasteiger partial charge in [0.25, 0.3) is 5.91 Å². The van der Waals surface area contributed by atoms with Gasteiger partial charge in [-0.05, 0) is 31.4 Å². The smallest absolute Gasteiger partial charge is 0.273 e. The molecular weight excluding hydrogens is 280 g/mol. The molecule has 0 spiro atoms. The number of benzene rings is 1. The average molecular weight is 302 g/mol. The fourth-order valence-electron chi connectivity index (χ4n) is 2.12. The second-order valence-electron chi connectivity index (χ2n) is 5.88. The Balaban J connectivity index is 1.96. The fraction of sp³-hybridized carbons (Fsp3) is 0.438. The Hall–Kier alpha value is -2.21. The largest absolute Gasteiger partial charge is 0.391 e. The molecule has 2 rings (SSSR count). The average Bonchev–Trinajstić information content (AvgIpc) is 2.94. The first-order valence-corrected chi connectivity index (χ1v) is 7.41. The molecule has 2 aromatic rings. The molecule has 1 aromatic heterocycles. The number of hydrogen-bond acceptors (Lipinski definition) is 4. The second-order valence-corrected chi connectivity index (χ2v) is 5.88. The van der Waals surface area contributed by atoms with Crippen LogP contribution >= 0.6 is 0 Å². The number of aliphatic hydroxyl groups is 1. The summed E-state index contributed by atoms with van der Waals surface area (Å²) in [7, 11) is 0. The lowest BCUT2D eigenvalue weighted by molar-refractivity contribution is 0.0895. The van der Waals surface area contributed by atoms with Crippen molar-refractivity contribution < 1.29 is 9.90 Å². The zero-order chi connectivity index (χ0) is 16.1. The van der Waals surface area contributed by atoms with Crippen LogP contribution in [0.25, 0.3) is 5.69 Å². The molecule has 0 aliphatic heterocycles. The summed E-state index contributed by atoms with van der Waals surface area (Å²) in [6.07, 6.45) is 1.68. The quantitative estimate of drug-likeness (QED) is 0.851. The Morgan fingerprint density at radius 3 is 2.64 bits per heavy atom. The summed E-state index contributed by atoms with van der Waals surface area (Å²) < 4.78 is 1.55. The van der Waals surface area contributed by atoms with Crippen LogP contribution in [0, 0.1) is 12.8 Å². The topological polar surface area (TPSA) is 80.0 Å². The van der Waals surface area contributed by atoms with E-state index < -0.39 is 6.10 Å². The molecule has 0 aliphatic carbocycles. The minimum absolute atomic E-state index is 0.217. The Kier molecular flexibility index (Phi) is 5.27. The molecule has 0 saturated carbocycles. The van der Waals surface area contributed by atoms with E-state index in [1.165, 1.54) is 0 Å². The third kappa shape index (κ3) is 4.39. The van der Waals surface area contributed by atoms with Crippen LogP contribution in [-0.4, -0.2) is 38.7 Å². The normalized spacial score (nSPS) is 12.4. The molecule has 6 nitrogen and oxygen atoms in total. The minimum Gasteiger partial charge on any atom is -0.391 e. The van der Waals surface area contributed by atoms with Gasteiger partial charge < -0.3 is 10.4 Å². The van der Waals surface area contributed by atoms with Crippen molar-refractivity contribution in [1.29, 1.82) is 0 Å². The van der Waals surface area contributed by atoms with Gasteiger partial charge in [-0.2, -0.15) is 0 Å². The van der Waals surface area contributed by atoms with Crippen LogP contribution in [0.5, 0.6) is 0 Å². The zero-order valence-corrected chi connectivity index (χ0v) is 13.2. The van der Waals surface area contributed by atoms with Gasteiger partial charge in [0, 0.05) is 6.54 Å². The predicted octanol–water partition coefficient (Wildman–Crippen LogP) is 1.71.